The fraction of sp³-hybridized carbons (Fsp3) is 1.00. The minimum atomic E-state index is -3.50. The predicted octanol–water partition coefficient (Wildman–Crippen LogP) is 0.700. The highest BCUT2D eigenvalue weighted by molar-refractivity contribution is 7.86. The zero-order chi connectivity index (χ0) is 10.3. The third-order valence-electron chi connectivity index (χ3n) is 2.86. The Morgan fingerprint density at radius 3 is 2.31 bits per heavy atom. The van der Waals surface area contributed by atoms with Crippen LogP contribution in [0.1, 0.15) is 33.1 Å². The molecule has 0 amide bonds. The van der Waals surface area contributed by atoms with Gasteiger partial charge in [0, 0.05) is 13.1 Å². The van der Waals surface area contributed by atoms with Gasteiger partial charge in [0.25, 0.3) is 10.2 Å². The highest BCUT2D eigenvalue weighted by Gasteiger charge is 2.35. The summed E-state index contributed by atoms with van der Waals surface area (Å²) in [5.41, 5.74) is 0.254. The summed E-state index contributed by atoms with van der Waals surface area (Å²) < 4.78 is 23.4. The smallest absolute Gasteiger partial charge is 0.216 e. The van der Waals surface area contributed by atoms with Crippen LogP contribution in [0.4, 0.5) is 0 Å². The van der Waals surface area contributed by atoms with Crippen LogP contribution < -0.4 is 5.14 Å². The predicted molar refractivity (Wildman–Crippen MR) is 52.3 cm³/mol. The van der Waals surface area contributed by atoms with E-state index in [0.717, 1.165) is 19.3 Å². The average molecular weight is 206 g/mol. The van der Waals surface area contributed by atoms with E-state index in [1.165, 1.54) is 4.31 Å². The second kappa shape index (κ2) is 3.22. The highest BCUT2D eigenvalue weighted by atomic mass is 32.2. The largest absolute Gasteiger partial charge is 0.276 e. The molecule has 1 unspecified atom stereocenters. The lowest BCUT2D eigenvalue weighted by atomic mass is 9.92. The minimum absolute atomic E-state index is 0.0880. The Bertz CT molecular complexity index is 285. The van der Waals surface area contributed by atoms with Gasteiger partial charge in [0.2, 0.25) is 0 Å². The number of nitrogens with zero attached hydrogens (tertiary/aromatic N) is 1. The molecule has 0 spiro atoms. The SMILES string of the molecule is CN(C1CCC(C)(C)C1)S(N)(=O)=O. The van der Waals surface area contributed by atoms with E-state index in [9.17, 15) is 8.42 Å². The molecular formula is C8H18N2O2S. The summed E-state index contributed by atoms with van der Waals surface area (Å²) in [5, 5.41) is 5.05. The second-order valence-electron chi connectivity index (χ2n) is 4.62. The van der Waals surface area contributed by atoms with Gasteiger partial charge >= 0.3 is 0 Å². The topological polar surface area (TPSA) is 63.4 Å². The molecule has 1 saturated carbocycles. The Morgan fingerprint density at radius 2 is 2.00 bits per heavy atom. The Balaban J connectivity index is 2.67. The van der Waals surface area contributed by atoms with Crippen LogP contribution >= 0.6 is 0 Å². The third kappa shape index (κ3) is 2.65. The standard InChI is InChI=1S/C8H18N2O2S/c1-8(2)5-4-7(6-8)10(3)13(9,11)12/h7H,4-6H2,1-3H3,(H2,9,11,12). The molecule has 4 nitrogen and oxygen atoms in total. The van der Waals surface area contributed by atoms with Crippen molar-refractivity contribution in [1.29, 1.82) is 0 Å². The first-order chi connectivity index (χ1) is 5.72. The lowest BCUT2D eigenvalue weighted by molar-refractivity contribution is 0.322. The van der Waals surface area contributed by atoms with Gasteiger partial charge in [-0.1, -0.05) is 13.8 Å². The van der Waals surface area contributed by atoms with Gasteiger partial charge < -0.3 is 0 Å². The van der Waals surface area contributed by atoms with Gasteiger partial charge in [-0.05, 0) is 24.7 Å². The molecule has 78 valence electrons. The Hall–Kier alpha value is -0.130. The van der Waals surface area contributed by atoms with E-state index < -0.39 is 10.2 Å². The molecular weight excluding hydrogens is 188 g/mol. The van der Waals surface area contributed by atoms with Crippen LogP contribution in [0.25, 0.3) is 0 Å². The molecule has 5 heteroatoms. The fourth-order valence-corrected chi connectivity index (χ4v) is 2.51. The number of hydrogen-bond donors (Lipinski definition) is 1. The number of nitrogens with two attached hydrogens (primary N) is 1. The van der Waals surface area contributed by atoms with Gasteiger partial charge in [-0.2, -0.15) is 12.7 Å². The molecule has 0 aromatic carbocycles. The van der Waals surface area contributed by atoms with Crippen LogP contribution in [0.15, 0.2) is 0 Å². The summed E-state index contributed by atoms with van der Waals surface area (Å²) >= 11 is 0. The van der Waals surface area contributed by atoms with Gasteiger partial charge in [-0.25, -0.2) is 5.14 Å². The van der Waals surface area contributed by atoms with Crippen molar-refractivity contribution in [3.63, 3.8) is 0 Å². The molecule has 0 radical (unpaired) electrons. The second-order valence-corrected chi connectivity index (χ2v) is 6.23. The van der Waals surface area contributed by atoms with Crippen molar-refractivity contribution in [3.8, 4) is 0 Å². The van der Waals surface area contributed by atoms with E-state index in [4.69, 9.17) is 5.14 Å². The molecule has 0 bridgehead atoms. The molecule has 1 aliphatic rings. The third-order valence-corrected chi connectivity index (χ3v) is 3.96. The van der Waals surface area contributed by atoms with Crippen molar-refractivity contribution in [3.05, 3.63) is 0 Å². The molecule has 13 heavy (non-hydrogen) atoms. The van der Waals surface area contributed by atoms with E-state index in [-0.39, 0.29) is 11.5 Å². The quantitative estimate of drug-likeness (QED) is 0.723. The lowest BCUT2D eigenvalue weighted by Crippen LogP contribution is -2.40. The van der Waals surface area contributed by atoms with E-state index >= 15 is 0 Å². The van der Waals surface area contributed by atoms with E-state index in [2.05, 4.69) is 13.8 Å². The Morgan fingerprint density at radius 1 is 1.46 bits per heavy atom. The lowest BCUT2D eigenvalue weighted by Gasteiger charge is -2.23. The summed E-state index contributed by atoms with van der Waals surface area (Å²) in [5.74, 6) is 0. The molecule has 1 aliphatic carbocycles. The van der Waals surface area contributed by atoms with Gasteiger partial charge in [0.1, 0.15) is 0 Å². The van der Waals surface area contributed by atoms with Gasteiger partial charge in [-0.15, -0.1) is 0 Å². The molecule has 1 rings (SSSR count). The van der Waals surface area contributed by atoms with Crippen LogP contribution in [-0.4, -0.2) is 25.8 Å². The monoisotopic (exact) mass is 206 g/mol. The van der Waals surface area contributed by atoms with Crippen LogP contribution in [0.2, 0.25) is 0 Å². The molecule has 1 fully saturated rings. The van der Waals surface area contributed by atoms with E-state index in [0.29, 0.717) is 0 Å². The molecule has 0 aromatic rings. The van der Waals surface area contributed by atoms with Gasteiger partial charge in [0.15, 0.2) is 0 Å². The van der Waals surface area contributed by atoms with Crippen molar-refractivity contribution >= 4 is 10.2 Å². The summed E-state index contributed by atoms with van der Waals surface area (Å²) in [6.45, 7) is 4.31. The van der Waals surface area contributed by atoms with Crippen LogP contribution in [0.5, 0.6) is 0 Å². The maximum absolute atomic E-state index is 11.0. The normalized spacial score (nSPS) is 28.2. The molecule has 2 N–H and O–H groups in total. The maximum Gasteiger partial charge on any atom is 0.276 e. The molecule has 0 heterocycles. The van der Waals surface area contributed by atoms with Crippen molar-refractivity contribution in [2.75, 3.05) is 7.05 Å². The average Bonchev–Trinajstić information content (AvgIpc) is 2.26. The van der Waals surface area contributed by atoms with Crippen molar-refractivity contribution in [2.45, 2.75) is 39.2 Å². The van der Waals surface area contributed by atoms with Crippen LogP contribution in [-0.2, 0) is 10.2 Å². The van der Waals surface area contributed by atoms with Crippen molar-refractivity contribution in [1.82, 2.24) is 4.31 Å². The Kier molecular flexibility index (Phi) is 2.71. The summed E-state index contributed by atoms with van der Waals surface area (Å²) in [4.78, 5) is 0. The molecule has 0 saturated heterocycles. The Labute approximate surface area is 80.3 Å². The fourth-order valence-electron chi connectivity index (χ4n) is 1.92. The first-order valence-electron chi connectivity index (χ1n) is 4.48. The summed E-state index contributed by atoms with van der Waals surface area (Å²) in [7, 11) is -1.95. The maximum atomic E-state index is 11.0. The first kappa shape index (κ1) is 10.9. The number of rotatable bonds is 2. The summed E-state index contributed by atoms with van der Waals surface area (Å²) in [6, 6.07) is 0.0880. The summed E-state index contributed by atoms with van der Waals surface area (Å²) in [6.07, 6.45) is 2.89. The number of hydrogen-bond acceptors (Lipinski definition) is 2. The first-order valence-corrected chi connectivity index (χ1v) is 5.98. The van der Waals surface area contributed by atoms with Gasteiger partial charge in [-0.3, -0.25) is 0 Å². The van der Waals surface area contributed by atoms with Crippen molar-refractivity contribution in [2.24, 2.45) is 10.6 Å². The molecule has 0 aliphatic heterocycles. The minimum Gasteiger partial charge on any atom is -0.216 e. The van der Waals surface area contributed by atoms with E-state index in [1.807, 2.05) is 0 Å². The molecule has 0 aromatic heterocycles. The van der Waals surface area contributed by atoms with Gasteiger partial charge in [0.05, 0.1) is 0 Å². The van der Waals surface area contributed by atoms with Crippen LogP contribution in [0, 0.1) is 5.41 Å². The molecule has 1 atom stereocenters. The highest BCUT2D eigenvalue weighted by Crippen LogP contribution is 2.39. The zero-order valence-electron chi connectivity index (χ0n) is 8.45. The van der Waals surface area contributed by atoms with Crippen molar-refractivity contribution < 1.29 is 8.42 Å². The van der Waals surface area contributed by atoms with Crippen LogP contribution in [0.3, 0.4) is 0 Å². The van der Waals surface area contributed by atoms with E-state index in [1.54, 1.807) is 7.05 Å². The zero-order valence-corrected chi connectivity index (χ0v) is 9.26.